The summed E-state index contributed by atoms with van der Waals surface area (Å²) in [5, 5.41) is 9.76. The van der Waals surface area contributed by atoms with Crippen LogP contribution in [0.5, 0.6) is 0 Å². The van der Waals surface area contributed by atoms with Gasteiger partial charge in [0.05, 0.1) is 0 Å². The number of hydrogen-bond donors (Lipinski definition) is 1. The molecule has 1 atom stereocenters. The standard InChI is InChI=1S/C10H13NO2/c1-3-4-5-6-10(13)7-8-11(2)9(10)12/h3-4,13H,7-8H2,1-2H3/b4-3+/t10-/m0/s1. The van der Waals surface area contributed by atoms with Crippen molar-refractivity contribution >= 4 is 5.91 Å². The lowest BCUT2D eigenvalue weighted by Gasteiger charge is -2.12. The van der Waals surface area contributed by atoms with Crippen molar-refractivity contribution in [1.82, 2.24) is 4.90 Å². The molecule has 3 heteroatoms. The highest BCUT2D eigenvalue weighted by Crippen LogP contribution is 2.20. The molecular formula is C10H13NO2. The third-order valence-electron chi connectivity index (χ3n) is 2.04. The van der Waals surface area contributed by atoms with Gasteiger partial charge in [-0.3, -0.25) is 4.79 Å². The van der Waals surface area contributed by atoms with Gasteiger partial charge in [-0.15, -0.1) is 0 Å². The maximum absolute atomic E-state index is 11.4. The number of likely N-dealkylation sites (tertiary alicyclic amines) is 1. The van der Waals surface area contributed by atoms with Crippen LogP contribution in [0.2, 0.25) is 0 Å². The van der Waals surface area contributed by atoms with E-state index in [1.54, 1.807) is 19.2 Å². The summed E-state index contributed by atoms with van der Waals surface area (Å²) < 4.78 is 0. The molecular weight excluding hydrogens is 166 g/mol. The molecule has 1 saturated heterocycles. The fourth-order valence-corrected chi connectivity index (χ4v) is 1.21. The SMILES string of the molecule is C/C=C/C#C[C@]1(O)CCN(C)C1=O. The van der Waals surface area contributed by atoms with Gasteiger partial charge in [0, 0.05) is 20.0 Å². The van der Waals surface area contributed by atoms with Crippen molar-refractivity contribution in [1.29, 1.82) is 0 Å². The Hall–Kier alpha value is -1.27. The predicted octanol–water partition coefficient (Wildman–Crippen LogP) is 0.159. The van der Waals surface area contributed by atoms with E-state index < -0.39 is 5.60 Å². The van der Waals surface area contributed by atoms with Crippen LogP contribution in [0.25, 0.3) is 0 Å². The average Bonchev–Trinajstić information content (AvgIpc) is 2.35. The van der Waals surface area contributed by atoms with Crippen LogP contribution in [0, 0.1) is 11.8 Å². The second-order valence-electron chi connectivity index (χ2n) is 3.11. The highest BCUT2D eigenvalue weighted by Gasteiger charge is 2.42. The van der Waals surface area contributed by atoms with E-state index in [9.17, 15) is 9.90 Å². The van der Waals surface area contributed by atoms with Crippen molar-refractivity contribution < 1.29 is 9.90 Å². The second kappa shape index (κ2) is 3.63. The molecule has 0 bridgehead atoms. The fourth-order valence-electron chi connectivity index (χ4n) is 1.21. The Morgan fingerprint density at radius 1 is 1.69 bits per heavy atom. The smallest absolute Gasteiger partial charge is 0.267 e. The maximum atomic E-state index is 11.4. The van der Waals surface area contributed by atoms with E-state index in [1.165, 1.54) is 4.90 Å². The third kappa shape index (κ3) is 1.90. The van der Waals surface area contributed by atoms with Gasteiger partial charge in [-0.1, -0.05) is 17.9 Å². The summed E-state index contributed by atoms with van der Waals surface area (Å²) in [6.07, 6.45) is 3.77. The summed E-state index contributed by atoms with van der Waals surface area (Å²) in [5.41, 5.74) is -1.45. The molecule has 0 spiro atoms. The molecule has 1 heterocycles. The van der Waals surface area contributed by atoms with E-state index >= 15 is 0 Å². The van der Waals surface area contributed by atoms with E-state index in [0.29, 0.717) is 13.0 Å². The number of allylic oxidation sites excluding steroid dienone is 2. The Morgan fingerprint density at radius 2 is 2.38 bits per heavy atom. The van der Waals surface area contributed by atoms with E-state index in [1.807, 2.05) is 6.92 Å². The molecule has 1 N–H and O–H groups in total. The lowest BCUT2D eigenvalue weighted by Crippen LogP contribution is -2.37. The average molecular weight is 179 g/mol. The molecule has 1 amide bonds. The van der Waals surface area contributed by atoms with Crippen LogP contribution in [0.1, 0.15) is 13.3 Å². The lowest BCUT2D eigenvalue weighted by molar-refractivity contribution is -0.137. The monoisotopic (exact) mass is 179 g/mol. The molecule has 0 saturated carbocycles. The van der Waals surface area contributed by atoms with Crippen LogP contribution in [0.3, 0.4) is 0 Å². The van der Waals surface area contributed by atoms with Crippen LogP contribution in [0.15, 0.2) is 12.2 Å². The van der Waals surface area contributed by atoms with Crippen molar-refractivity contribution in [3.63, 3.8) is 0 Å². The number of rotatable bonds is 0. The zero-order valence-electron chi connectivity index (χ0n) is 7.87. The summed E-state index contributed by atoms with van der Waals surface area (Å²) >= 11 is 0. The highest BCUT2D eigenvalue weighted by atomic mass is 16.3. The summed E-state index contributed by atoms with van der Waals surface area (Å²) in [6.45, 7) is 2.40. The molecule has 1 rings (SSSR count). The summed E-state index contributed by atoms with van der Waals surface area (Å²) in [5.74, 6) is 4.91. The zero-order chi connectivity index (χ0) is 9.90. The largest absolute Gasteiger partial charge is 0.369 e. The van der Waals surface area contributed by atoms with Gasteiger partial charge < -0.3 is 10.0 Å². The first kappa shape index (κ1) is 9.82. The summed E-state index contributed by atoms with van der Waals surface area (Å²) in [6, 6.07) is 0. The Bertz CT molecular complexity index is 298. The molecule has 0 aliphatic carbocycles. The minimum Gasteiger partial charge on any atom is -0.369 e. The zero-order valence-corrected chi connectivity index (χ0v) is 7.87. The van der Waals surface area contributed by atoms with Gasteiger partial charge in [-0.25, -0.2) is 0 Å². The Kier molecular flexibility index (Phi) is 2.74. The Morgan fingerprint density at radius 3 is 2.85 bits per heavy atom. The first-order valence-electron chi connectivity index (χ1n) is 4.22. The number of nitrogens with zero attached hydrogens (tertiary/aromatic N) is 1. The number of likely N-dealkylation sites (N-methyl/N-ethyl adjacent to an activating group) is 1. The molecule has 3 nitrogen and oxygen atoms in total. The minimum atomic E-state index is -1.45. The van der Waals surface area contributed by atoms with E-state index in [0.717, 1.165) is 0 Å². The van der Waals surface area contributed by atoms with Crippen molar-refractivity contribution in [2.75, 3.05) is 13.6 Å². The fraction of sp³-hybridized carbons (Fsp3) is 0.500. The number of carbonyl (C=O) groups is 1. The van der Waals surface area contributed by atoms with Crippen LogP contribution in [-0.2, 0) is 4.79 Å². The minimum absolute atomic E-state index is 0.301. The molecule has 1 aliphatic heterocycles. The van der Waals surface area contributed by atoms with E-state index in [4.69, 9.17) is 0 Å². The lowest BCUT2D eigenvalue weighted by atomic mass is 10.0. The third-order valence-corrected chi connectivity index (χ3v) is 2.04. The summed E-state index contributed by atoms with van der Waals surface area (Å²) in [7, 11) is 1.66. The quantitative estimate of drug-likeness (QED) is 0.538. The molecule has 0 aromatic rings. The second-order valence-corrected chi connectivity index (χ2v) is 3.11. The first-order chi connectivity index (χ1) is 6.10. The highest BCUT2D eigenvalue weighted by molar-refractivity contribution is 5.90. The van der Waals surface area contributed by atoms with Gasteiger partial charge >= 0.3 is 0 Å². The molecule has 0 unspecified atom stereocenters. The van der Waals surface area contributed by atoms with Gasteiger partial charge in [0.2, 0.25) is 5.60 Å². The van der Waals surface area contributed by atoms with Gasteiger partial charge in [0.25, 0.3) is 5.91 Å². The van der Waals surface area contributed by atoms with E-state index in [2.05, 4.69) is 11.8 Å². The van der Waals surface area contributed by atoms with Gasteiger partial charge in [0.1, 0.15) is 0 Å². The van der Waals surface area contributed by atoms with Crippen molar-refractivity contribution in [2.24, 2.45) is 0 Å². The van der Waals surface area contributed by atoms with Crippen LogP contribution < -0.4 is 0 Å². The van der Waals surface area contributed by atoms with Gasteiger partial charge in [-0.2, -0.15) is 0 Å². The number of hydrogen-bond acceptors (Lipinski definition) is 2. The molecule has 1 fully saturated rings. The van der Waals surface area contributed by atoms with Gasteiger partial charge in [-0.05, 0) is 13.0 Å². The van der Waals surface area contributed by atoms with E-state index in [-0.39, 0.29) is 5.91 Å². The topological polar surface area (TPSA) is 40.5 Å². The van der Waals surface area contributed by atoms with Crippen LogP contribution in [0.4, 0.5) is 0 Å². The Labute approximate surface area is 78.0 Å². The van der Waals surface area contributed by atoms with Crippen LogP contribution >= 0.6 is 0 Å². The van der Waals surface area contributed by atoms with Crippen molar-refractivity contribution in [3.8, 4) is 11.8 Å². The normalized spacial score (nSPS) is 27.9. The Balaban J connectivity index is 2.80. The molecule has 0 aromatic heterocycles. The molecule has 0 radical (unpaired) electrons. The molecule has 0 aromatic carbocycles. The molecule has 1 aliphatic rings. The summed E-state index contributed by atoms with van der Waals surface area (Å²) in [4.78, 5) is 12.9. The van der Waals surface area contributed by atoms with Crippen LogP contribution in [-0.4, -0.2) is 35.1 Å². The molecule has 13 heavy (non-hydrogen) atoms. The van der Waals surface area contributed by atoms with Crippen molar-refractivity contribution in [3.05, 3.63) is 12.2 Å². The number of aliphatic hydroxyl groups is 1. The molecule has 70 valence electrons. The van der Waals surface area contributed by atoms with Crippen molar-refractivity contribution in [2.45, 2.75) is 18.9 Å². The first-order valence-corrected chi connectivity index (χ1v) is 4.22. The number of amides is 1. The number of carbonyl (C=O) groups excluding carboxylic acids is 1. The predicted molar refractivity (Wildman–Crippen MR) is 49.8 cm³/mol. The maximum Gasteiger partial charge on any atom is 0.267 e. The van der Waals surface area contributed by atoms with Gasteiger partial charge in [0.15, 0.2) is 0 Å².